The van der Waals surface area contributed by atoms with Gasteiger partial charge in [-0.15, -0.1) is 11.3 Å². The molecule has 1 heterocycles. The number of rotatable bonds is 7. The molecule has 3 aromatic rings. The number of hydrogen-bond acceptors (Lipinski definition) is 5. The lowest BCUT2D eigenvalue weighted by Gasteiger charge is -2.08. The first-order valence-electron chi connectivity index (χ1n) is 9.24. The van der Waals surface area contributed by atoms with Gasteiger partial charge in [0.25, 0.3) is 0 Å². The minimum Gasteiger partial charge on any atom is -0.493 e. The lowest BCUT2D eigenvalue weighted by Crippen LogP contribution is -2.15. The number of aromatic nitrogens is 1. The summed E-state index contributed by atoms with van der Waals surface area (Å²) in [4.78, 5) is 27.7. The van der Waals surface area contributed by atoms with Gasteiger partial charge >= 0.3 is 0 Å². The Balaban J connectivity index is 1.50. The molecule has 0 fully saturated rings. The van der Waals surface area contributed by atoms with Crippen LogP contribution in [-0.4, -0.2) is 23.4 Å². The second kappa shape index (κ2) is 9.34. The van der Waals surface area contributed by atoms with Crippen molar-refractivity contribution in [3.63, 3.8) is 0 Å². The highest BCUT2D eigenvalue weighted by atomic mass is 32.1. The van der Waals surface area contributed by atoms with Crippen molar-refractivity contribution in [3.05, 3.63) is 59.0 Å². The molecule has 0 spiro atoms. The van der Waals surface area contributed by atoms with Gasteiger partial charge in [-0.3, -0.25) is 9.59 Å². The molecule has 7 heteroatoms. The zero-order valence-corrected chi connectivity index (χ0v) is 17.4. The van der Waals surface area contributed by atoms with E-state index in [1.807, 2.05) is 61.7 Å². The van der Waals surface area contributed by atoms with Gasteiger partial charge in [0, 0.05) is 23.6 Å². The highest BCUT2D eigenvalue weighted by molar-refractivity contribution is 7.14. The van der Waals surface area contributed by atoms with E-state index in [0.717, 1.165) is 28.3 Å². The Morgan fingerprint density at radius 3 is 2.48 bits per heavy atom. The standard InChI is InChI=1S/C22H23N3O3S/c1-14-4-9-19(12-15(14)2)28-11-10-21(27)25-22-24-20(13-29-22)17-5-7-18(8-6-17)23-16(3)26/h4-9,12-13H,10-11H2,1-3H3,(H,23,26)(H,24,25,27). The van der Waals surface area contributed by atoms with Crippen molar-refractivity contribution < 1.29 is 14.3 Å². The highest BCUT2D eigenvalue weighted by Gasteiger charge is 2.09. The van der Waals surface area contributed by atoms with Crippen LogP contribution < -0.4 is 15.4 Å². The van der Waals surface area contributed by atoms with Crippen LogP contribution in [0.25, 0.3) is 11.3 Å². The Morgan fingerprint density at radius 2 is 1.79 bits per heavy atom. The number of hydrogen-bond donors (Lipinski definition) is 2. The number of benzene rings is 2. The molecule has 29 heavy (non-hydrogen) atoms. The second-order valence-electron chi connectivity index (χ2n) is 6.69. The topological polar surface area (TPSA) is 80.3 Å². The number of thiazole rings is 1. The maximum Gasteiger partial charge on any atom is 0.229 e. The van der Waals surface area contributed by atoms with Crippen LogP contribution in [0.4, 0.5) is 10.8 Å². The van der Waals surface area contributed by atoms with Crippen LogP contribution in [0.5, 0.6) is 5.75 Å². The van der Waals surface area contributed by atoms with Gasteiger partial charge in [-0.25, -0.2) is 4.98 Å². The van der Waals surface area contributed by atoms with E-state index < -0.39 is 0 Å². The van der Waals surface area contributed by atoms with Crippen molar-refractivity contribution in [2.45, 2.75) is 27.2 Å². The van der Waals surface area contributed by atoms with Crippen molar-refractivity contribution >= 4 is 34.0 Å². The molecule has 2 aromatic carbocycles. The SMILES string of the molecule is CC(=O)Nc1ccc(-c2csc(NC(=O)CCOc3ccc(C)c(C)c3)n2)cc1. The van der Waals surface area contributed by atoms with Gasteiger partial charge in [-0.2, -0.15) is 0 Å². The van der Waals surface area contributed by atoms with Crippen LogP contribution in [0.2, 0.25) is 0 Å². The first-order valence-corrected chi connectivity index (χ1v) is 10.1. The number of carbonyl (C=O) groups is 2. The van der Waals surface area contributed by atoms with Gasteiger partial charge in [0.05, 0.1) is 18.7 Å². The third-order valence-corrected chi connectivity index (χ3v) is 5.09. The van der Waals surface area contributed by atoms with E-state index in [4.69, 9.17) is 4.74 Å². The minimum atomic E-state index is -0.143. The summed E-state index contributed by atoms with van der Waals surface area (Å²) in [5.41, 5.74) is 4.78. The number of nitrogens with one attached hydrogen (secondary N) is 2. The van der Waals surface area contributed by atoms with Crippen molar-refractivity contribution in [3.8, 4) is 17.0 Å². The van der Waals surface area contributed by atoms with E-state index in [9.17, 15) is 9.59 Å². The van der Waals surface area contributed by atoms with Crippen molar-refractivity contribution in [1.29, 1.82) is 0 Å². The van der Waals surface area contributed by atoms with E-state index in [1.165, 1.54) is 23.8 Å². The zero-order valence-electron chi connectivity index (χ0n) is 16.6. The van der Waals surface area contributed by atoms with E-state index in [0.29, 0.717) is 11.7 Å². The highest BCUT2D eigenvalue weighted by Crippen LogP contribution is 2.26. The Labute approximate surface area is 173 Å². The van der Waals surface area contributed by atoms with Gasteiger partial charge in [-0.05, 0) is 49.2 Å². The molecule has 6 nitrogen and oxygen atoms in total. The van der Waals surface area contributed by atoms with Gasteiger partial charge in [0.15, 0.2) is 5.13 Å². The molecule has 0 radical (unpaired) electrons. The van der Waals surface area contributed by atoms with Gasteiger partial charge in [0.2, 0.25) is 11.8 Å². The third-order valence-electron chi connectivity index (χ3n) is 4.33. The average Bonchev–Trinajstić information content (AvgIpc) is 3.13. The molecular formula is C22H23N3O3S. The van der Waals surface area contributed by atoms with E-state index >= 15 is 0 Å². The first-order chi connectivity index (χ1) is 13.9. The van der Waals surface area contributed by atoms with Gasteiger partial charge < -0.3 is 15.4 Å². The molecule has 0 aliphatic heterocycles. The fraction of sp³-hybridized carbons (Fsp3) is 0.227. The van der Waals surface area contributed by atoms with Crippen LogP contribution in [0.3, 0.4) is 0 Å². The summed E-state index contributed by atoms with van der Waals surface area (Å²) >= 11 is 1.37. The molecule has 2 N–H and O–H groups in total. The van der Waals surface area contributed by atoms with Crippen LogP contribution in [0.1, 0.15) is 24.5 Å². The number of anilines is 2. The second-order valence-corrected chi connectivity index (χ2v) is 7.55. The number of nitrogens with zero attached hydrogens (tertiary/aromatic N) is 1. The largest absolute Gasteiger partial charge is 0.493 e. The fourth-order valence-electron chi connectivity index (χ4n) is 2.64. The lowest BCUT2D eigenvalue weighted by molar-refractivity contribution is -0.116. The molecule has 0 saturated carbocycles. The van der Waals surface area contributed by atoms with Crippen LogP contribution in [0, 0.1) is 13.8 Å². The Hall–Kier alpha value is -3.19. The Kier molecular flexibility index (Phi) is 6.61. The summed E-state index contributed by atoms with van der Waals surface area (Å²) in [7, 11) is 0. The molecule has 0 atom stereocenters. The summed E-state index contributed by atoms with van der Waals surface area (Å²) in [6.07, 6.45) is 0.243. The first kappa shape index (κ1) is 20.5. The van der Waals surface area contributed by atoms with Crippen LogP contribution in [-0.2, 0) is 9.59 Å². The third kappa shape index (κ3) is 5.89. The molecule has 0 aliphatic rings. The molecule has 0 aliphatic carbocycles. The zero-order chi connectivity index (χ0) is 20.8. The Bertz CT molecular complexity index is 1010. The summed E-state index contributed by atoms with van der Waals surface area (Å²) in [5, 5.41) is 7.96. The number of aryl methyl sites for hydroxylation is 2. The Morgan fingerprint density at radius 1 is 1.03 bits per heavy atom. The smallest absolute Gasteiger partial charge is 0.229 e. The maximum atomic E-state index is 12.2. The number of ether oxygens (including phenoxy) is 1. The molecule has 2 amide bonds. The molecular weight excluding hydrogens is 386 g/mol. The predicted molar refractivity (Wildman–Crippen MR) is 117 cm³/mol. The molecule has 0 unspecified atom stereocenters. The molecule has 1 aromatic heterocycles. The molecule has 0 saturated heterocycles. The summed E-state index contributed by atoms with van der Waals surface area (Å²) in [6.45, 7) is 5.85. The van der Waals surface area contributed by atoms with Gasteiger partial charge in [0.1, 0.15) is 5.75 Å². The monoisotopic (exact) mass is 409 g/mol. The lowest BCUT2D eigenvalue weighted by atomic mass is 10.1. The van der Waals surface area contributed by atoms with E-state index in [-0.39, 0.29) is 18.2 Å². The van der Waals surface area contributed by atoms with Crippen molar-refractivity contribution in [2.24, 2.45) is 0 Å². The van der Waals surface area contributed by atoms with Crippen molar-refractivity contribution in [1.82, 2.24) is 4.98 Å². The molecule has 0 bridgehead atoms. The maximum absolute atomic E-state index is 12.2. The summed E-state index contributed by atoms with van der Waals surface area (Å²) in [6, 6.07) is 13.3. The summed E-state index contributed by atoms with van der Waals surface area (Å²) in [5.74, 6) is 0.508. The molecule has 3 rings (SSSR count). The van der Waals surface area contributed by atoms with E-state index in [2.05, 4.69) is 15.6 Å². The number of amides is 2. The van der Waals surface area contributed by atoms with Gasteiger partial charge in [-0.1, -0.05) is 18.2 Å². The normalized spacial score (nSPS) is 10.4. The minimum absolute atomic E-state index is 0.113. The predicted octanol–water partition coefficient (Wildman–Crippen LogP) is 4.79. The van der Waals surface area contributed by atoms with Crippen LogP contribution >= 0.6 is 11.3 Å². The van der Waals surface area contributed by atoms with Crippen molar-refractivity contribution in [2.75, 3.05) is 17.2 Å². The molecule has 150 valence electrons. The van der Waals surface area contributed by atoms with Crippen LogP contribution in [0.15, 0.2) is 47.8 Å². The summed E-state index contributed by atoms with van der Waals surface area (Å²) < 4.78 is 5.66. The quantitative estimate of drug-likeness (QED) is 0.588. The fourth-order valence-corrected chi connectivity index (χ4v) is 3.37. The number of carbonyl (C=O) groups excluding carboxylic acids is 2. The van der Waals surface area contributed by atoms with E-state index in [1.54, 1.807) is 0 Å². The average molecular weight is 410 g/mol.